The highest BCUT2D eigenvalue weighted by molar-refractivity contribution is 6.36. The molecular weight excluding hydrogens is 383 g/mol. The Morgan fingerprint density at radius 3 is 2.52 bits per heavy atom. The van der Waals surface area contributed by atoms with Crippen LogP contribution in [0.4, 0.5) is 5.82 Å². The van der Waals surface area contributed by atoms with Gasteiger partial charge in [0.1, 0.15) is 11.5 Å². The van der Waals surface area contributed by atoms with Crippen LogP contribution in [0.3, 0.4) is 0 Å². The summed E-state index contributed by atoms with van der Waals surface area (Å²) in [7, 11) is 0. The molecule has 0 radical (unpaired) electrons. The van der Waals surface area contributed by atoms with Gasteiger partial charge in [-0.05, 0) is 30.3 Å². The Bertz CT molecular complexity index is 1050. The molecule has 2 heterocycles. The van der Waals surface area contributed by atoms with Crippen LogP contribution in [-0.4, -0.2) is 15.2 Å². The molecule has 0 fully saturated rings. The highest BCUT2D eigenvalue weighted by Crippen LogP contribution is 2.31. The van der Waals surface area contributed by atoms with Crippen molar-refractivity contribution in [1.29, 1.82) is 0 Å². The fourth-order valence-electron chi connectivity index (χ4n) is 2.61. The van der Waals surface area contributed by atoms with Gasteiger partial charge in [-0.3, -0.25) is 0 Å². The van der Waals surface area contributed by atoms with Gasteiger partial charge in [0.05, 0.1) is 17.8 Å². The molecule has 134 valence electrons. The Balaban J connectivity index is 1.75. The molecule has 0 bridgehead atoms. The first kappa shape index (κ1) is 17.5. The molecule has 2 aromatic carbocycles. The van der Waals surface area contributed by atoms with Crippen LogP contribution in [0.2, 0.25) is 10.0 Å². The predicted molar refractivity (Wildman–Crippen MR) is 107 cm³/mol. The van der Waals surface area contributed by atoms with Crippen LogP contribution in [0.5, 0.6) is 0 Å². The van der Waals surface area contributed by atoms with E-state index in [9.17, 15) is 0 Å². The van der Waals surface area contributed by atoms with Gasteiger partial charge in [0, 0.05) is 16.1 Å². The highest BCUT2D eigenvalue weighted by atomic mass is 35.5. The first-order chi connectivity index (χ1) is 13.2. The number of aromatic nitrogens is 3. The molecule has 0 spiro atoms. The van der Waals surface area contributed by atoms with Crippen LogP contribution in [0.25, 0.3) is 22.6 Å². The first-order valence-corrected chi connectivity index (χ1v) is 8.98. The molecule has 2 aromatic heterocycles. The summed E-state index contributed by atoms with van der Waals surface area (Å²) in [5.41, 5.74) is 2.22. The second-order valence-corrected chi connectivity index (χ2v) is 6.60. The third-order valence-electron chi connectivity index (χ3n) is 3.92. The van der Waals surface area contributed by atoms with Crippen LogP contribution in [-0.2, 0) is 6.54 Å². The molecule has 7 heteroatoms. The van der Waals surface area contributed by atoms with Crippen molar-refractivity contribution >= 4 is 29.0 Å². The zero-order chi connectivity index (χ0) is 18.6. The van der Waals surface area contributed by atoms with Crippen LogP contribution < -0.4 is 5.32 Å². The van der Waals surface area contributed by atoms with Crippen molar-refractivity contribution < 1.29 is 4.42 Å². The van der Waals surface area contributed by atoms with Crippen molar-refractivity contribution in [3.8, 4) is 22.6 Å². The Kier molecular flexibility index (Phi) is 5.05. The number of nitrogens with one attached hydrogen (secondary N) is 1. The molecule has 4 rings (SSSR count). The third kappa shape index (κ3) is 3.94. The van der Waals surface area contributed by atoms with Crippen LogP contribution in [0, 0.1) is 0 Å². The van der Waals surface area contributed by atoms with Crippen molar-refractivity contribution in [1.82, 2.24) is 15.2 Å². The average molecular weight is 397 g/mol. The fraction of sp³-hybridized carbons (Fsp3) is 0.0500. The molecule has 27 heavy (non-hydrogen) atoms. The zero-order valence-electron chi connectivity index (χ0n) is 14.1. The van der Waals surface area contributed by atoms with Gasteiger partial charge in [0.15, 0.2) is 11.6 Å². The molecule has 0 aliphatic carbocycles. The van der Waals surface area contributed by atoms with Gasteiger partial charge >= 0.3 is 0 Å². The monoisotopic (exact) mass is 396 g/mol. The van der Waals surface area contributed by atoms with E-state index in [1.807, 2.05) is 42.5 Å². The van der Waals surface area contributed by atoms with E-state index in [4.69, 9.17) is 27.6 Å². The lowest BCUT2D eigenvalue weighted by atomic mass is 10.1. The molecule has 0 aliphatic heterocycles. The maximum Gasteiger partial charge on any atom is 0.185 e. The van der Waals surface area contributed by atoms with Gasteiger partial charge in [0.2, 0.25) is 0 Å². The minimum Gasteiger partial charge on any atom is -0.467 e. The standard InChI is InChI=1S/C20H14Cl2N4O/c21-14-8-9-16(17(22)11-14)19-24-20(23-12-15-7-4-10-27-15)18(25-26-19)13-5-2-1-3-6-13/h1-11H,12H2,(H,23,24,26). The molecule has 0 saturated heterocycles. The summed E-state index contributed by atoms with van der Waals surface area (Å²) in [6.07, 6.45) is 1.63. The molecule has 0 atom stereocenters. The summed E-state index contributed by atoms with van der Waals surface area (Å²) in [6, 6.07) is 18.7. The van der Waals surface area contributed by atoms with Crippen molar-refractivity contribution in [3.63, 3.8) is 0 Å². The lowest BCUT2D eigenvalue weighted by Gasteiger charge is -2.11. The average Bonchev–Trinajstić information content (AvgIpc) is 3.20. The minimum absolute atomic E-state index is 0.415. The summed E-state index contributed by atoms with van der Waals surface area (Å²) in [5.74, 6) is 1.80. The Morgan fingerprint density at radius 1 is 0.926 bits per heavy atom. The van der Waals surface area contributed by atoms with Crippen molar-refractivity contribution in [2.45, 2.75) is 6.54 Å². The van der Waals surface area contributed by atoms with Gasteiger partial charge < -0.3 is 9.73 Å². The molecule has 0 amide bonds. The lowest BCUT2D eigenvalue weighted by molar-refractivity contribution is 0.518. The molecule has 0 unspecified atom stereocenters. The number of hydrogen-bond donors (Lipinski definition) is 1. The van der Waals surface area contributed by atoms with Gasteiger partial charge in [0.25, 0.3) is 0 Å². The van der Waals surface area contributed by atoms with Crippen molar-refractivity contribution in [2.75, 3.05) is 5.32 Å². The Morgan fingerprint density at radius 2 is 1.78 bits per heavy atom. The number of anilines is 1. The number of halogens is 2. The van der Waals surface area contributed by atoms with E-state index in [0.29, 0.717) is 39.5 Å². The normalized spacial score (nSPS) is 10.7. The summed E-state index contributed by atoms with van der Waals surface area (Å²) >= 11 is 12.3. The van der Waals surface area contributed by atoms with E-state index in [2.05, 4.69) is 20.5 Å². The number of nitrogens with zero attached hydrogens (tertiary/aromatic N) is 3. The Labute approximate surface area is 166 Å². The SMILES string of the molecule is Clc1ccc(-c2nnc(-c3ccccc3)c(NCc3ccco3)n2)c(Cl)c1. The number of hydrogen-bond acceptors (Lipinski definition) is 5. The largest absolute Gasteiger partial charge is 0.467 e. The molecule has 4 aromatic rings. The Hall–Kier alpha value is -2.89. The molecule has 1 N–H and O–H groups in total. The molecule has 0 saturated carbocycles. The van der Waals surface area contributed by atoms with E-state index in [1.54, 1.807) is 24.5 Å². The molecular formula is C20H14Cl2N4O. The zero-order valence-corrected chi connectivity index (χ0v) is 15.6. The summed E-state index contributed by atoms with van der Waals surface area (Å²) in [6.45, 7) is 0.472. The minimum atomic E-state index is 0.415. The maximum absolute atomic E-state index is 6.30. The van der Waals surface area contributed by atoms with Crippen LogP contribution in [0.1, 0.15) is 5.76 Å². The fourth-order valence-corrected chi connectivity index (χ4v) is 3.10. The van der Waals surface area contributed by atoms with Crippen molar-refractivity contribution in [3.05, 3.63) is 82.7 Å². The lowest BCUT2D eigenvalue weighted by Crippen LogP contribution is -2.07. The predicted octanol–water partition coefficient (Wildman–Crippen LogP) is 5.72. The summed E-state index contributed by atoms with van der Waals surface area (Å²) in [5, 5.41) is 13.0. The van der Waals surface area contributed by atoms with E-state index in [1.165, 1.54) is 0 Å². The van der Waals surface area contributed by atoms with E-state index in [0.717, 1.165) is 11.3 Å². The van der Waals surface area contributed by atoms with E-state index in [-0.39, 0.29) is 0 Å². The van der Waals surface area contributed by atoms with Gasteiger partial charge in [-0.15, -0.1) is 10.2 Å². The number of rotatable bonds is 5. The maximum atomic E-state index is 6.30. The molecule has 0 aliphatic rings. The second-order valence-electron chi connectivity index (χ2n) is 5.76. The van der Waals surface area contributed by atoms with Gasteiger partial charge in [-0.25, -0.2) is 4.98 Å². The summed E-state index contributed by atoms with van der Waals surface area (Å²) in [4.78, 5) is 4.66. The van der Waals surface area contributed by atoms with E-state index >= 15 is 0 Å². The number of benzene rings is 2. The second kappa shape index (κ2) is 7.78. The third-order valence-corrected chi connectivity index (χ3v) is 4.46. The van der Waals surface area contributed by atoms with Crippen molar-refractivity contribution in [2.24, 2.45) is 0 Å². The topological polar surface area (TPSA) is 63.8 Å². The van der Waals surface area contributed by atoms with Gasteiger partial charge in [-0.2, -0.15) is 0 Å². The first-order valence-electron chi connectivity index (χ1n) is 8.22. The van der Waals surface area contributed by atoms with E-state index < -0.39 is 0 Å². The van der Waals surface area contributed by atoms with Crippen LogP contribution in [0.15, 0.2) is 71.3 Å². The highest BCUT2D eigenvalue weighted by Gasteiger charge is 2.15. The molecule has 5 nitrogen and oxygen atoms in total. The quantitative estimate of drug-likeness (QED) is 0.467. The van der Waals surface area contributed by atoms with Crippen LogP contribution >= 0.6 is 23.2 Å². The smallest absolute Gasteiger partial charge is 0.185 e. The van der Waals surface area contributed by atoms with Gasteiger partial charge in [-0.1, -0.05) is 53.5 Å². The number of furan rings is 1. The summed E-state index contributed by atoms with van der Waals surface area (Å²) < 4.78 is 5.39.